The third-order valence-electron chi connectivity index (χ3n) is 2.55. The molecule has 1 rings (SSSR count). The fraction of sp³-hybridized carbons (Fsp3) is 0.417. The number of rotatable bonds is 5. The molecule has 0 aromatic heterocycles. The van der Waals surface area contributed by atoms with E-state index in [4.69, 9.17) is 27.2 Å². The molecule has 0 aliphatic rings. The van der Waals surface area contributed by atoms with Crippen LogP contribution in [0.5, 0.6) is 5.75 Å². The second-order valence-corrected chi connectivity index (χ2v) is 4.30. The van der Waals surface area contributed by atoms with E-state index in [9.17, 15) is 4.79 Å². The molecule has 1 aromatic rings. The van der Waals surface area contributed by atoms with Crippen LogP contribution in [0.2, 0.25) is 5.02 Å². The Labute approximate surface area is 105 Å². The molecule has 0 saturated carbocycles. The van der Waals surface area contributed by atoms with Crippen LogP contribution in [-0.2, 0) is 4.79 Å². The molecule has 17 heavy (non-hydrogen) atoms. The number of carboxylic acid groups (broad SMARTS) is 1. The Morgan fingerprint density at radius 2 is 2.24 bits per heavy atom. The van der Waals surface area contributed by atoms with Crippen molar-refractivity contribution in [2.24, 2.45) is 5.73 Å². The van der Waals surface area contributed by atoms with E-state index >= 15 is 0 Å². The highest BCUT2D eigenvalue weighted by molar-refractivity contribution is 6.32. The van der Waals surface area contributed by atoms with Gasteiger partial charge in [-0.1, -0.05) is 17.7 Å². The summed E-state index contributed by atoms with van der Waals surface area (Å²) in [6.45, 7) is 1.87. The summed E-state index contributed by atoms with van der Waals surface area (Å²) >= 11 is 6.04. The molecule has 0 amide bonds. The summed E-state index contributed by atoms with van der Waals surface area (Å²) in [5.41, 5.74) is 7.63. The highest BCUT2D eigenvalue weighted by Gasteiger charge is 2.13. The summed E-state index contributed by atoms with van der Waals surface area (Å²) in [5.74, 6) is -0.224. The van der Waals surface area contributed by atoms with Gasteiger partial charge in [-0.05, 0) is 30.5 Å². The monoisotopic (exact) mass is 257 g/mol. The normalized spacial score (nSPS) is 12.2. The van der Waals surface area contributed by atoms with E-state index < -0.39 is 5.97 Å². The molecule has 1 atom stereocenters. The van der Waals surface area contributed by atoms with Crippen LogP contribution in [0.15, 0.2) is 12.1 Å². The molecule has 0 spiro atoms. The SMILES string of the molecule is COc1c(C)cc(C(N)CCC(=O)O)cc1Cl. The van der Waals surface area contributed by atoms with Gasteiger partial charge >= 0.3 is 5.97 Å². The van der Waals surface area contributed by atoms with E-state index in [-0.39, 0.29) is 12.5 Å². The Balaban J connectivity index is 2.88. The number of aliphatic carboxylic acids is 1. The zero-order chi connectivity index (χ0) is 13.0. The molecular weight excluding hydrogens is 242 g/mol. The first-order chi connectivity index (χ1) is 7.95. The predicted octanol–water partition coefficient (Wildman–Crippen LogP) is 2.52. The zero-order valence-corrected chi connectivity index (χ0v) is 10.6. The second-order valence-electron chi connectivity index (χ2n) is 3.89. The summed E-state index contributed by atoms with van der Waals surface area (Å²) < 4.78 is 5.14. The minimum absolute atomic E-state index is 0.0455. The maximum Gasteiger partial charge on any atom is 0.303 e. The Hall–Kier alpha value is -1.26. The van der Waals surface area contributed by atoms with Crippen LogP contribution in [0.3, 0.4) is 0 Å². The van der Waals surface area contributed by atoms with Crippen molar-refractivity contribution >= 4 is 17.6 Å². The van der Waals surface area contributed by atoms with E-state index in [1.165, 1.54) is 0 Å². The molecule has 0 radical (unpaired) electrons. The van der Waals surface area contributed by atoms with Crippen molar-refractivity contribution in [1.82, 2.24) is 0 Å². The largest absolute Gasteiger partial charge is 0.495 e. The van der Waals surface area contributed by atoms with Gasteiger partial charge in [0.15, 0.2) is 0 Å². The fourth-order valence-electron chi connectivity index (χ4n) is 1.68. The van der Waals surface area contributed by atoms with Crippen molar-refractivity contribution < 1.29 is 14.6 Å². The first-order valence-electron chi connectivity index (χ1n) is 5.27. The lowest BCUT2D eigenvalue weighted by atomic mass is 10.0. The van der Waals surface area contributed by atoms with Crippen LogP contribution in [0.25, 0.3) is 0 Å². The highest BCUT2D eigenvalue weighted by atomic mass is 35.5. The molecule has 94 valence electrons. The van der Waals surface area contributed by atoms with Crippen molar-refractivity contribution in [3.8, 4) is 5.75 Å². The van der Waals surface area contributed by atoms with Crippen LogP contribution in [0.4, 0.5) is 0 Å². The van der Waals surface area contributed by atoms with E-state index in [1.54, 1.807) is 13.2 Å². The number of methoxy groups -OCH3 is 1. The molecule has 0 saturated heterocycles. The van der Waals surface area contributed by atoms with Gasteiger partial charge in [0.25, 0.3) is 0 Å². The quantitative estimate of drug-likeness (QED) is 0.850. The maximum atomic E-state index is 10.5. The Morgan fingerprint density at radius 3 is 2.71 bits per heavy atom. The third kappa shape index (κ3) is 3.61. The number of benzene rings is 1. The summed E-state index contributed by atoms with van der Waals surface area (Å²) in [6.07, 6.45) is 0.432. The average molecular weight is 258 g/mol. The topological polar surface area (TPSA) is 72.5 Å². The van der Waals surface area contributed by atoms with E-state index in [2.05, 4.69) is 0 Å². The molecule has 0 bridgehead atoms. The van der Waals surface area contributed by atoms with Crippen molar-refractivity contribution in [3.63, 3.8) is 0 Å². The molecule has 0 aliphatic heterocycles. The fourth-order valence-corrected chi connectivity index (χ4v) is 2.03. The van der Waals surface area contributed by atoms with Crippen LogP contribution in [0, 0.1) is 6.92 Å². The van der Waals surface area contributed by atoms with Crippen LogP contribution in [-0.4, -0.2) is 18.2 Å². The van der Waals surface area contributed by atoms with E-state index in [0.717, 1.165) is 11.1 Å². The van der Waals surface area contributed by atoms with Crippen molar-refractivity contribution in [1.29, 1.82) is 0 Å². The lowest BCUT2D eigenvalue weighted by Crippen LogP contribution is -2.12. The minimum atomic E-state index is -0.850. The smallest absolute Gasteiger partial charge is 0.303 e. The van der Waals surface area contributed by atoms with Crippen molar-refractivity contribution in [2.45, 2.75) is 25.8 Å². The molecular formula is C12H16ClNO3. The third-order valence-corrected chi connectivity index (χ3v) is 2.83. The van der Waals surface area contributed by atoms with Crippen molar-refractivity contribution in [3.05, 3.63) is 28.3 Å². The van der Waals surface area contributed by atoms with Gasteiger partial charge in [0, 0.05) is 12.5 Å². The first-order valence-corrected chi connectivity index (χ1v) is 5.65. The Kier molecular flexibility index (Phi) is 4.78. The molecule has 0 heterocycles. The Morgan fingerprint density at radius 1 is 1.59 bits per heavy atom. The summed E-state index contributed by atoms with van der Waals surface area (Å²) in [6, 6.07) is 3.27. The second kappa shape index (κ2) is 5.89. The van der Waals surface area contributed by atoms with Crippen LogP contribution >= 0.6 is 11.6 Å². The molecule has 0 fully saturated rings. The van der Waals surface area contributed by atoms with Crippen molar-refractivity contribution in [2.75, 3.05) is 7.11 Å². The lowest BCUT2D eigenvalue weighted by Gasteiger charge is -2.14. The van der Waals surface area contributed by atoms with Gasteiger partial charge in [-0.15, -0.1) is 0 Å². The lowest BCUT2D eigenvalue weighted by molar-refractivity contribution is -0.137. The van der Waals surface area contributed by atoms with Gasteiger partial charge < -0.3 is 15.6 Å². The Bertz CT molecular complexity index is 397. The van der Waals surface area contributed by atoms with Gasteiger partial charge in [-0.25, -0.2) is 0 Å². The number of hydrogen-bond acceptors (Lipinski definition) is 3. The zero-order valence-electron chi connectivity index (χ0n) is 9.87. The highest BCUT2D eigenvalue weighted by Crippen LogP contribution is 2.32. The molecule has 0 aliphatic carbocycles. The summed E-state index contributed by atoms with van der Waals surface area (Å²) in [5, 5.41) is 9.09. The number of carbonyl (C=O) groups is 1. The molecule has 4 nitrogen and oxygen atoms in total. The minimum Gasteiger partial charge on any atom is -0.495 e. The maximum absolute atomic E-state index is 10.5. The average Bonchev–Trinajstić information content (AvgIpc) is 2.25. The molecule has 1 unspecified atom stereocenters. The number of aryl methyl sites for hydroxylation is 1. The van der Waals surface area contributed by atoms with E-state index in [1.807, 2.05) is 13.0 Å². The summed E-state index contributed by atoms with van der Waals surface area (Å²) in [7, 11) is 1.55. The summed E-state index contributed by atoms with van der Waals surface area (Å²) in [4.78, 5) is 10.5. The van der Waals surface area contributed by atoms with Gasteiger partial charge in [-0.3, -0.25) is 4.79 Å². The number of halogens is 1. The van der Waals surface area contributed by atoms with E-state index in [0.29, 0.717) is 17.2 Å². The molecule has 3 N–H and O–H groups in total. The van der Waals surface area contributed by atoms with Gasteiger partial charge in [0.05, 0.1) is 12.1 Å². The number of hydrogen-bond donors (Lipinski definition) is 2. The van der Waals surface area contributed by atoms with Gasteiger partial charge in [0.1, 0.15) is 5.75 Å². The molecule has 5 heteroatoms. The number of carboxylic acids is 1. The predicted molar refractivity (Wildman–Crippen MR) is 66.5 cm³/mol. The number of ether oxygens (including phenoxy) is 1. The standard InChI is InChI=1S/C12H16ClNO3/c1-7-5-8(6-9(13)12(7)17-2)10(14)3-4-11(15)16/h5-6,10H,3-4,14H2,1-2H3,(H,15,16). The number of nitrogens with two attached hydrogens (primary N) is 1. The molecule has 1 aromatic carbocycles. The van der Waals surface area contributed by atoms with Crippen LogP contribution in [0.1, 0.15) is 30.0 Å². The van der Waals surface area contributed by atoms with Gasteiger partial charge in [0.2, 0.25) is 0 Å². The first kappa shape index (κ1) is 13.8. The van der Waals surface area contributed by atoms with Gasteiger partial charge in [-0.2, -0.15) is 0 Å². The van der Waals surface area contributed by atoms with Crippen LogP contribution < -0.4 is 10.5 Å².